The molecule has 2 aromatic rings. The summed E-state index contributed by atoms with van der Waals surface area (Å²) in [5, 5.41) is 13.4. The van der Waals surface area contributed by atoms with Gasteiger partial charge in [-0.25, -0.2) is 0 Å². The zero-order valence-corrected chi connectivity index (χ0v) is 11.7. The maximum absolute atomic E-state index is 12.0. The van der Waals surface area contributed by atoms with Gasteiger partial charge in [0.05, 0.1) is 4.92 Å². The minimum atomic E-state index is -0.487. The Hall–Kier alpha value is -2.69. The molecule has 0 radical (unpaired) electrons. The summed E-state index contributed by atoms with van der Waals surface area (Å²) in [6.45, 7) is 2.55. The van der Waals surface area contributed by atoms with Crippen LogP contribution in [0.3, 0.4) is 0 Å². The molecule has 0 spiro atoms. The van der Waals surface area contributed by atoms with E-state index in [1.807, 2.05) is 37.3 Å². The SMILES string of the molecule is C[C@@H](CNC(=O)c1ccc([N+](=O)[O-])cc1)c1ccccc1. The average Bonchev–Trinajstić information content (AvgIpc) is 2.53. The Balaban J connectivity index is 1.94. The number of hydrogen-bond donors (Lipinski definition) is 1. The minimum absolute atomic E-state index is 0.0239. The van der Waals surface area contributed by atoms with Gasteiger partial charge >= 0.3 is 0 Å². The highest BCUT2D eigenvalue weighted by molar-refractivity contribution is 5.94. The average molecular weight is 284 g/mol. The molecule has 0 saturated carbocycles. The van der Waals surface area contributed by atoms with Crippen LogP contribution in [0.1, 0.15) is 28.8 Å². The van der Waals surface area contributed by atoms with Crippen LogP contribution in [-0.4, -0.2) is 17.4 Å². The smallest absolute Gasteiger partial charge is 0.269 e. The minimum Gasteiger partial charge on any atom is -0.351 e. The summed E-state index contributed by atoms with van der Waals surface area (Å²) < 4.78 is 0. The molecule has 0 aliphatic heterocycles. The molecule has 0 bridgehead atoms. The van der Waals surface area contributed by atoms with Crippen LogP contribution >= 0.6 is 0 Å². The third-order valence-electron chi connectivity index (χ3n) is 3.28. The van der Waals surface area contributed by atoms with Crippen LogP contribution in [0.15, 0.2) is 54.6 Å². The van der Waals surface area contributed by atoms with Crippen LogP contribution in [0.2, 0.25) is 0 Å². The van der Waals surface area contributed by atoms with Crippen LogP contribution in [0, 0.1) is 10.1 Å². The summed E-state index contributed by atoms with van der Waals surface area (Å²) in [7, 11) is 0. The highest BCUT2D eigenvalue weighted by atomic mass is 16.6. The van der Waals surface area contributed by atoms with Gasteiger partial charge in [0.25, 0.3) is 11.6 Å². The molecule has 1 N–H and O–H groups in total. The Bertz CT molecular complexity index is 624. The van der Waals surface area contributed by atoms with E-state index < -0.39 is 4.92 Å². The lowest BCUT2D eigenvalue weighted by atomic mass is 10.0. The van der Waals surface area contributed by atoms with Gasteiger partial charge in [0, 0.05) is 24.2 Å². The van der Waals surface area contributed by atoms with Crippen molar-refractivity contribution in [1.29, 1.82) is 0 Å². The number of rotatable bonds is 5. The second kappa shape index (κ2) is 6.65. The molecule has 108 valence electrons. The summed E-state index contributed by atoms with van der Waals surface area (Å²) >= 11 is 0. The van der Waals surface area contributed by atoms with E-state index in [2.05, 4.69) is 5.32 Å². The predicted octanol–water partition coefficient (Wildman–Crippen LogP) is 3.13. The molecule has 5 nitrogen and oxygen atoms in total. The van der Waals surface area contributed by atoms with Crippen molar-refractivity contribution in [2.75, 3.05) is 6.54 Å². The Morgan fingerprint density at radius 2 is 1.76 bits per heavy atom. The molecule has 21 heavy (non-hydrogen) atoms. The quantitative estimate of drug-likeness (QED) is 0.677. The number of amides is 1. The Labute approximate surface area is 122 Å². The molecule has 0 aliphatic rings. The maximum Gasteiger partial charge on any atom is 0.269 e. The number of nitro benzene ring substituents is 1. The highest BCUT2D eigenvalue weighted by Crippen LogP contribution is 2.14. The number of non-ortho nitro benzene ring substituents is 1. The van der Waals surface area contributed by atoms with Gasteiger partial charge in [-0.1, -0.05) is 37.3 Å². The zero-order chi connectivity index (χ0) is 15.2. The zero-order valence-electron chi connectivity index (χ0n) is 11.7. The molecule has 0 aromatic heterocycles. The molecule has 0 aliphatic carbocycles. The normalized spacial score (nSPS) is 11.7. The first-order valence-corrected chi connectivity index (χ1v) is 6.65. The molecule has 0 fully saturated rings. The van der Waals surface area contributed by atoms with Gasteiger partial charge in [-0.15, -0.1) is 0 Å². The first kappa shape index (κ1) is 14.7. The van der Waals surface area contributed by atoms with Crippen LogP contribution in [-0.2, 0) is 0 Å². The monoisotopic (exact) mass is 284 g/mol. The highest BCUT2D eigenvalue weighted by Gasteiger charge is 2.11. The number of nitro groups is 1. The Morgan fingerprint density at radius 3 is 2.33 bits per heavy atom. The number of nitrogens with one attached hydrogen (secondary N) is 1. The van der Waals surface area contributed by atoms with E-state index >= 15 is 0 Å². The second-order valence-corrected chi connectivity index (χ2v) is 4.83. The van der Waals surface area contributed by atoms with Crippen LogP contribution in [0.25, 0.3) is 0 Å². The summed E-state index contributed by atoms with van der Waals surface area (Å²) in [5.74, 6) is -0.0270. The molecule has 2 aromatic carbocycles. The first-order valence-electron chi connectivity index (χ1n) is 6.65. The number of benzene rings is 2. The van der Waals surface area contributed by atoms with Crippen molar-refractivity contribution in [3.8, 4) is 0 Å². The molecular weight excluding hydrogens is 268 g/mol. The Morgan fingerprint density at radius 1 is 1.14 bits per heavy atom. The van der Waals surface area contributed by atoms with E-state index in [1.165, 1.54) is 24.3 Å². The molecule has 1 atom stereocenters. The van der Waals surface area contributed by atoms with Gasteiger partial charge in [-0.3, -0.25) is 14.9 Å². The van der Waals surface area contributed by atoms with Crippen LogP contribution < -0.4 is 5.32 Å². The van der Waals surface area contributed by atoms with Crippen LogP contribution in [0.5, 0.6) is 0 Å². The van der Waals surface area contributed by atoms with Gasteiger partial charge in [0.15, 0.2) is 0 Å². The lowest BCUT2D eigenvalue weighted by Gasteiger charge is -2.13. The van der Waals surface area contributed by atoms with Crippen molar-refractivity contribution in [3.05, 3.63) is 75.8 Å². The van der Waals surface area contributed by atoms with E-state index in [1.54, 1.807) is 0 Å². The summed E-state index contributed by atoms with van der Waals surface area (Å²) in [4.78, 5) is 22.1. The molecule has 0 heterocycles. The maximum atomic E-state index is 12.0. The van der Waals surface area contributed by atoms with Crippen LogP contribution in [0.4, 0.5) is 5.69 Å². The fraction of sp³-hybridized carbons (Fsp3) is 0.188. The van der Waals surface area contributed by atoms with E-state index in [9.17, 15) is 14.9 Å². The largest absolute Gasteiger partial charge is 0.351 e. The van der Waals surface area contributed by atoms with Crippen molar-refractivity contribution >= 4 is 11.6 Å². The fourth-order valence-corrected chi connectivity index (χ4v) is 1.98. The van der Waals surface area contributed by atoms with E-state index in [0.717, 1.165) is 5.56 Å². The lowest BCUT2D eigenvalue weighted by molar-refractivity contribution is -0.384. The van der Waals surface area contributed by atoms with E-state index in [4.69, 9.17) is 0 Å². The molecular formula is C16H16N2O3. The number of carbonyl (C=O) groups excluding carboxylic acids is 1. The number of carbonyl (C=O) groups is 1. The first-order chi connectivity index (χ1) is 10.1. The molecule has 0 unspecified atom stereocenters. The predicted molar refractivity (Wildman–Crippen MR) is 80.3 cm³/mol. The van der Waals surface area contributed by atoms with E-state index in [0.29, 0.717) is 12.1 Å². The third kappa shape index (κ3) is 3.89. The van der Waals surface area contributed by atoms with Gasteiger partial charge in [0.2, 0.25) is 0 Å². The van der Waals surface area contributed by atoms with Crippen molar-refractivity contribution in [2.45, 2.75) is 12.8 Å². The van der Waals surface area contributed by atoms with Crippen molar-refractivity contribution in [3.63, 3.8) is 0 Å². The molecule has 5 heteroatoms. The fourth-order valence-electron chi connectivity index (χ4n) is 1.98. The van der Waals surface area contributed by atoms with Crippen molar-refractivity contribution < 1.29 is 9.72 Å². The van der Waals surface area contributed by atoms with Gasteiger partial charge in [-0.05, 0) is 23.6 Å². The number of hydrogen-bond acceptors (Lipinski definition) is 3. The van der Waals surface area contributed by atoms with E-state index in [-0.39, 0.29) is 17.5 Å². The standard InChI is InChI=1S/C16H16N2O3/c1-12(13-5-3-2-4-6-13)11-17-16(19)14-7-9-15(10-8-14)18(20)21/h2-10,12H,11H2,1H3,(H,17,19)/t12-/m0/s1. The Kier molecular flexibility index (Phi) is 4.66. The third-order valence-corrected chi connectivity index (χ3v) is 3.28. The van der Waals surface area contributed by atoms with Gasteiger partial charge in [-0.2, -0.15) is 0 Å². The number of nitrogens with zero attached hydrogens (tertiary/aromatic N) is 1. The topological polar surface area (TPSA) is 72.2 Å². The lowest BCUT2D eigenvalue weighted by Crippen LogP contribution is -2.27. The summed E-state index contributed by atoms with van der Waals surface area (Å²) in [6, 6.07) is 15.5. The molecule has 0 saturated heterocycles. The van der Waals surface area contributed by atoms with Crippen molar-refractivity contribution in [2.24, 2.45) is 0 Å². The second-order valence-electron chi connectivity index (χ2n) is 4.83. The van der Waals surface area contributed by atoms with Gasteiger partial charge < -0.3 is 5.32 Å². The van der Waals surface area contributed by atoms with Gasteiger partial charge in [0.1, 0.15) is 0 Å². The molecule has 1 amide bonds. The summed E-state index contributed by atoms with van der Waals surface area (Å²) in [5.41, 5.74) is 1.55. The summed E-state index contributed by atoms with van der Waals surface area (Å²) in [6.07, 6.45) is 0. The van der Waals surface area contributed by atoms with Crippen molar-refractivity contribution in [1.82, 2.24) is 5.32 Å². The molecule has 2 rings (SSSR count).